The molecule has 0 aliphatic heterocycles. The van der Waals surface area contributed by atoms with Crippen LogP contribution < -0.4 is 0 Å². The molecule has 3 saturated carbocycles. The average Bonchev–Trinajstić information content (AvgIpc) is 3.03. The van der Waals surface area contributed by atoms with E-state index in [0.29, 0.717) is 6.42 Å². The number of rotatable bonds is 4. The monoisotopic (exact) mass is 446 g/mol. The van der Waals surface area contributed by atoms with Crippen molar-refractivity contribution in [2.24, 2.45) is 34.5 Å². The van der Waals surface area contributed by atoms with E-state index in [9.17, 15) is 24.3 Å². The Balaban J connectivity index is 1.66. The molecule has 0 aromatic carbocycles. The molecule has 7 nitrogen and oxygen atoms in total. The summed E-state index contributed by atoms with van der Waals surface area (Å²) in [6, 6.07) is 0. The molecule has 4 aliphatic rings. The van der Waals surface area contributed by atoms with Gasteiger partial charge >= 0.3 is 11.9 Å². The van der Waals surface area contributed by atoms with Gasteiger partial charge in [-0.1, -0.05) is 19.4 Å². The van der Waals surface area contributed by atoms with Crippen LogP contribution in [0.2, 0.25) is 0 Å². The van der Waals surface area contributed by atoms with Crippen molar-refractivity contribution in [1.82, 2.24) is 0 Å². The fraction of sp³-hybridized carbons (Fsp3) is 0.760. The molecule has 0 radical (unpaired) electrons. The van der Waals surface area contributed by atoms with Gasteiger partial charge < -0.3 is 14.6 Å². The first-order chi connectivity index (χ1) is 15.0. The Kier molecular flexibility index (Phi) is 5.85. The number of ether oxygens (including phenoxy) is 2. The van der Waals surface area contributed by atoms with E-state index in [4.69, 9.17) is 9.47 Å². The fourth-order valence-electron chi connectivity index (χ4n) is 7.87. The zero-order valence-corrected chi connectivity index (χ0v) is 19.4. The van der Waals surface area contributed by atoms with Gasteiger partial charge in [0, 0.05) is 37.5 Å². The number of hydrogen-bond acceptors (Lipinski definition) is 7. The highest BCUT2D eigenvalue weighted by Crippen LogP contribution is 2.67. The number of aliphatic hydroxyl groups excluding tert-OH is 1. The van der Waals surface area contributed by atoms with Crippen LogP contribution >= 0.6 is 0 Å². The Bertz CT molecular complexity index is 876. The number of Topliss-reactive ketones (excluding diaryl/α,β-unsaturated/α-hetero) is 1. The highest BCUT2D eigenvalue weighted by Gasteiger charge is 2.65. The summed E-state index contributed by atoms with van der Waals surface area (Å²) in [5.41, 5.74) is 0.0178. The van der Waals surface area contributed by atoms with Crippen LogP contribution in [0.25, 0.3) is 0 Å². The normalized spacial score (nSPS) is 42.8. The van der Waals surface area contributed by atoms with Crippen LogP contribution in [0.1, 0.15) is 66.2 Å². The fourth-order valence-corrected chi connectivity index (χ4v) is 7.87. The highest BCUT2D eigenvalue weighted by molar-refractivity contribution is 5.92. The van der Waals surface area contributed by atoms with E-state index in [1.54, 1.807) is 6.08 Å². The summed E-state index contributed by atoms with van der Waals surface area (Å²) in [6.45, 7) is 6.58. The van der Waals surface area contributed by atoms with Crippen molar-refractivity contribution >= 4 is 23.5 Å². The summed E-state index contributed by atoms with van der Waals surface area (Å²) in [5.74, 6) is -0.956. The quantitative estimate of drug-likeness (QED) is 0.662. The standard InChI is InChI=1S/C25H34O7/c1-13(26)31-12-21(30)19-8-7-18-17-6-5-15-9-16(28)10-22(32-14(2)27)25(15,4)23(17)20(29)11-24(18,19)3/h9,17-20,22-23,29H,5-8,10-12H2,1-4H3/t17-,18-,19+,20-,22-,23+,24-,25+/m0/s1. The summed E-state index contributed by atoms with van der Waals surface area (Å²) in [7, 11) is 0. The molecule has 0 bridgehead atoms. The first-order valence-corrected chi connectivity index (χ1v) is 11.7. The molecule has 3 fully saturated rings. The van der Waals surface area contributed by atoms with E-state index in [1.165, 1.54) is 13.8 Å². The molecule has 0 saturated heterocycles. The van der Waals surface area contributed by atoms with Gasteiger partial charge in [0.25, 0.3) is 0 Å². The van der Waals surface area contributed by atoms with Gasteiger partial charge in [-0.3, -0.25) is 19.2 Å². The molecule has 7 heteroatoms. The summed E-state index contributed by atoms with van der Waals surface area (Å²) in [4.78, 5) is 48.3. The van der Waals surface area contributed by atoms with Crippen molar-refractivity contribution in [3.63, 3.8) is 0 Å². The maximum atomic E-state index is 12.9. The van der Waals surface area contributed by atoms with Crippen molar-refractivity contribution in [2.45, 2.75) is 78.4 Å². The third kappa shape index (κ3) is 3.53. The zero-order valence-electron chi connectivity index (χ0n) is 19.4. The summed E-state index contributed by atoms with van der Waals surface area (Å²) in [5, 5.41) is 11.5. The van der Waals surface area contributed by atoms with E-state index in [0.717, 1.165) is 31.3 Å². The lowest BCUT2D eigenvalue weighted by molar-refractivity contribution is -0.180. The number of aliphatic hydroxyl groups is 1. The maximum absolute atomic E-state index is 12.9. The molecular weight excluding hydrogens is 412 g/mol. The van der Waals surface area contributed by atoms with Crippen molar-refractivity contribution < 1.29 is 33.8 Å². The summed E-state index contributed by atoms with van der Waals surface area (Å²) >= 11 is 0. The Hall–Kier alpha value is -2.02. The Labute approximate surface area is 188 Å². The summed E-state index contributed by atoms with van der Waals surface area (Å²) < 4.78 is 10.7. The van der Waals surface area contributed by atoms with Crippen molar-refractivity contribution in [3.05, 3.63) is 11.6 Å². The molecule has 0 spiro atoms. The molecule has 32 heavy (non-hydrogen) atoms. The van der Waals surface area contributed by atoms with Crippen molar-refractivity contribution in [1.29, 1.82) is 0 Å². The molecule has 0 aromatic rings. The van der Waals surface area contributed by atoms with Gasteiger partial charge in [-0.15, -0.1) is 0 Å². The number of hydrogen-bond donors (Lipinski definition) is 1. The minimum Gasteiger partial charge on any atom is -0.461 e. The van der Waals surface area contributed by atoms with E-state index < -0.39 is 29.6 Å². The Morgan fingerprint density at radius 1 is 1.12 bits per heavy atom. The molecule has 4 rings (SSSR count). The lowest BCUT2D eigenvalue weighted by atomic mass is 9.45. The lowest BCUT2D eigenvalue weighted by Gasteiger charge is -2.60. The van der Waals surface area contributed by atoms with Gasteiger partial charge in [0.1, 0.15) is 12.7 Å². The maximum Gasteiger partial charge on any atom is 0.303 e. The van der Waals surface area contributed by atoms with Crippen molar-refractivity contribution in [3.8, 4) is 0 Å². The molecule has 4 aliphatic carbocycles. The van der Waals surface area contributed by atoms with Crippen molar-refractivity contribution in [2.75, 3.05) is 6.61 Å². The second-order valence-electron chi connectivity index (χ2n) is 10.7. The molecule has 176 valence electrons. The largest absolute Gasteiger partial charge is 0.461 e. The Morgan fingerprint density at radius 3 is 2.50 bits per heavy atom. The van der Waals surface area contributed by atoms with Gasteiger partial charge in [0.2, 0.25) is 0 Å². The number of carbonyl (C=O) groups excluding carboxylic acids is 4. The van der Waals surface area contributed by atoms with Gasteiger partial charge in [-0.2, -0.15) is 0 Å². The van der Waals surface area contributed by atoms with Crippen LogP contribution in [-0.2, 0) is 28.7 Å². The zero-order chi connectivity index (χ0) is 23.4. The third-order valence-electron chi connectivity index (χ3n) is 9.09. The van der Waals surface area contributed by atoms with Crippen LogP contribution in [0.15, 0.2) is 11.6 Å². The van der Waals surface area contributed by atoms with Crippen LogP contribution in [0, 0.1) is 34.5 Å². The summed E-state index contributed by atoms with van der Waals surface area (Å²) in [6.07, 6.45) is 4.23. The highest BCUT2D eigenvalue weighted by atomic mass is 16.5. The second kappa shape index (κ2) is 8.08. The first-order valence-electron chi connectivity index (χ1n) is 11.7. The topological polar surface area (TPSA) is 107 Å². The molecule has 1 N–H and O–H groups in total. The first kappa shape index (κ1) is 23.1. The average molecular weight is 447 g/mol. The van der Waals surface area contributed by atoms with Crippen LogP contribution in [0.4, 0.5) is 0 Å². The van der Waals surface area contributed by atoms with E-state index >= 15 is 0 Å². The van der Waals surface area contributed by atoms with Crippen LogP contribution in [0.5, 0.6) is 0 Å². The minimum absolute atomic E-state index is 0.0330. The molecule has 8 atom stereocenters. The van der Waals surface area contributed by atoms with E-state index in [-0.39, 0.29) is 53.7 Å². The SMILES string of the molecule is CC(=O)OCC(=O)[C@H]1CC[C@H]2[C@@H]3CCC4=CC(=O)C[C@H](OC(C)=O)[C@]4(C)[C@H]3[C@@H](O)C[C@]12C. The molecule has 0 amide bonds. The molecule has 0 heterocycles. The van der Waals surface area contributed by atoms with Gasteiger partial charge in [-0.05, 0) is 55.4 Å². The number of esters is 2. The number of carbonyl (C=O) groups is 4. The lowest BCUT2D eigenvalue weighted by Crippen LogP contribution is -2.61. The van der Waals surface area contributed by atoms with Gasteiger partial charge in [-0.25, -0.2) is 0 Å². The van der Waals surface area contributed by atoms with E-state index in [1.807, 2.05) is 6.92 Å². The Morgan fingerprint density at radius 2 is 1.84 bits per heavy atom. The second-order valence-corrected chi connectivity index (χ2v) is 10.7. The minimum atomic E-state index is -0.677. The smallest absolute Gasteiger partial charge is 0.303 e. The van der Waals surface area contributed by atoms with Crippen LogP contribution in [-0.4, -0.2) is 47.4 Å². The molecule has 0 unspecified atom stereocenters. The van der Waals surface area contributed by atoms with Crippen LogP contribution in [0.3, 0.4) is 0 Å². The van der Waals surface area contributed by atoms with Gasteiger partial charge in [0.05, 0.1) is 6.10 Å². The number of fused-ring (bicyclic) bond motifs is 5. The van der Waals surface area contributed by atoms with E-state index in [2.05, 4.69) is 6.92 Å². The predicted octanol–water partition coefficient (Wildman–Crippen LogP) is 2.78. The molecule has 0 aromatic heterocycles. The predicted molar refractivity (Wildman–Crippen MR) is 114 cm³/mol. The third-order valence-corrected chi connectivity index (χ3v) is 9.09. The molecular formula is C25H34O7. The number of ketones is 2. The van der Waals surface area contributed by atoms with Gasteiger partial charge in [0.15, 0.2) is 11.6 Å².